The molecular weight excluding hydrogens is 423 g/mol. The minimum absolute atomic E-state index is 0.128. The molecular formula is C15H20F3N3O7S. The number of aromatic nitrogens is 2. The van der Waals surface area contributed by atoms with E-state index in [1.54, 1.807) is 20.8 Å². The van der Waals surface area contributed by atoms with Crippen molar-refractivity contribution in [1.82, 2.24) is 15.3 Å². The zero-order valence-corrected chi connectivity index (χ0v) is 17.0. The van der Waals surface area contributed by atoms with E-state index >= 15 is 0 Å². The molecule has 0 aliphatic carbocycles. The number of hydrogen-bond donors (Lipinski definition) is 1. The van der Waals surface area contributed by atoms with Gasteiger partial charge in [0, 0.05) is 6.07 Å². The summed E-state index contributed by atoms with van der Waals surface area (Å²) in [4.78, 5) is 30.7. The molecule has 0 aliphatic heterocycles. The second-order valence-corrected chi connectivity index (χ2v) is 8.19. The summed E-state index contributed by atoms with van der Waals surface area (Å²) in [5, 5.41) is 2.37. The van der Waals surface area contributed by atoms with E-state index in [4.69, 9.17) is 4.74 Å². The van der Waals surface area contributed by atoms with Crippen LogP contribution in [0.3, 0.4) is 0 Å². The van der Waals surface area contributed by atoms with Gasteiger partial charge in [-0.2, -0.15) is 26.6 Å². The quantitative estimate of drug-likeness (QED) is 0.398. The summed E-state index contributed by atoms with van der Waals surface area (Å²) in [6.45, 7) is 6.25. The molecule has 0 radical (unpaired) electrons. The molecule has 0 aliphatic rings. The summed E-state index contributed by atoms with van der Waals surface area (Å²) in [5.41, 5.74) is -6.64. The smallest absolute Gasteiger partial charge is 0.469 e. The van der Waals surface area contributed by atoms with Crippen molar-refractivity contribution in [2.45, 2.75) is 51.3 Å². The summed E-state index contributed by atoms with van der Waals surface area (Å²) in [7, 11) is -4.95. The van der Waals surface area contributed by atoms with Crippen molar-refractivity contribution in [2.24, 2.45) is 0 Å². The largest absolute Gasteiger partial charge is 0.534 e. The first-order valence-electron chi connectivity index (χ1n) is 7.99. The van der Waals surface area contributed by atoms with Crippen molar-refractivity contribution < 1.29 is 44.8 Å². The zero-order chi connectivity index (χ0) is 22.6. The molecule has 0 aromatic carbocycles. The molecule has 0 spiro atoms. The summed E-state index contributed by atoms with van der Waals surface area (Å²) >= 11 is 0. The Kier molecular flexibility index (Phi) is 7.40. The molecule has 0 bridgehead atoms. The van der Waals surface area contributed by atoms with Crippen LogP contribution < -0.4 is 9.50 Å². The molecule has 14 heteroatoms. The summed E-state index contributed by atoms with van der Waals surface area (Å²) < 4.78 is 73.7. The number of methoxy groups -OCH3 is 1. The number of halogens is 3. The Hall–Kier alpha value is -2.64. The minimum Gasteiger partial charge on any atom is -0.469 e. The Morgan fingerprint density at radius 1 is 1.21 bits per heavy atom. The van der Waals surface area contributed by atoms with Crippen LogP contribution in [0.2, 0.25) is 0 Å². The predicted octanol–water partition coefficient (Wildman–Crippen LogP) is 2.01. The fourth-order valence-electron chi connectivity index (χ4n) is 1.76. The highest BCUT2D eigenvalue weighted by atomic mass is 32.2. The summed E-state index contributed by atoms with van der Waals surface area (Å²) in [6, 6.07) is -0.174. The van der Waals surface area contributed by atoms with Gasteiger partial charge in [0.15, 0.2) is 0 Å². The lowest BCUT2D eigenvalue weighted by Gasteiger charge is -2.22. The van der Waals surface area contributed by atoms with Crippen LogP contribution in [0.15, 0.2) is 6.07 Å². The molecule has 29 heavy (non-hydrogen) atoms. The van der Waals surface area contributed by atoms with E-state index in [-0.39, 0.29) is 11.5 Å². The molecule has 10 nitrogen and oxygen atoms in total. The predicted molar refractivity (Wildman–Crippen MR) is 91.1 cm³/mol. The molecule has 1 N–H and O–H groups in total. The van der Waals surface area contributed by atoms with Crippen molar-refractivity contribution in [2.75, 3.05) is 7.11 Å². The first-order chi connectivity index (χ1) is 13.0. The number of nitrogens with one attached hydrogen (secondary N) is 1. The first kappa shape index (κ1) is 24.4. The van der Waals surface area contributed by atoms with Crippen LogP contribution in [0.4, 0.5) is 18.0 Å². The molecule has 1 unspecified atom stereocenters. The number of ether oxygens (including phenoxy) is 2. The van der Waals surface area contributed by atoms with Gasteiger partial charge in [-0.3, -0.25) is 4.79 Å². The Balaban J connectivity index is 3.23. The highest BCUT2D eigenvalue weighted by molar-refractivity contribution is 7.87. The van der Waals surface area contributed by atoms with Crippen LogP contribution in [0.1, 0.15) is 45.3 Å². The van der Waals surface area contributed by atoms with Crippen molar-refractivity contribution in [1.29, 1.82) is 0 Å². The topological polar surface area (TPSA) is 134 Å². The zero-order valence-electron chi connectivity index (χ0n) is 16.2. The van der Waals surface area contributed by atoms with Gasteiger partial charge in [-0.05, 0) is 27.7 Å². The number of alkyl carbamates (subject to hydrolysis) is 1. The third-order valence-corrected chi connectivity index (χ3v) is 3.91. The van der Waals surface area contributed by atoms with Gasteiger partial charge < -0.3 is 19.0 Å². The van der Waals surface area contributed by atoms with Gasteiger partial charge in [0.05, 0.1) is 18.8 Å². The maximum Gasteiger partial charge on any atom is 0.534 e. The van der Waals surface area contributed by atoms with Crippen LogP contribution in [0, 0.1) is 0 Å². The van der Waals surface area contributed by atoms with E-state index in [2.05, 4.69) is 24.2 Å². The van der Waals surface area contributed by atoms with E-state index < -0.39 is 51.6 Å². The fourth-order valence-corrected chi connectivity index (χ4v) is 2.16. The van der Waals surface area contributed by atoms with E-state index in [1.165, 1.54) is 6.92 Å². The lowest BCUT2D eigenvalue weighted by atomic mass is 10.2. The van der Waals surface area contributed by atoms with Crippen molar-refractivity contribution in [3.05, 3.63) is 17.6 Å². The Labute approximate surface area is 164 Å². The lowest BCUT2D eigenvalue weighted by Crippen LogP contribution is -2.34. The van der Waals surface area contributed by atoms with Gasteiger partial charge in [0.1, 0.15) is 17.8 Å². The van der Waals surface area contributed by atoms with Gasteiger partial charge in [-0.1, -0.05) is 0 Å². The number of rotatable bonds is 6. The van der Waals surface area contributed by atoms with Gasteiger partial charge in [-0.25, -0.2) is 9.78 Å². The third kappa shape index (κ3) is 7.71. The summed E-state index contributed by atoms with van der Waals surface area (Å²) in [6.07, 6.45) is -1.44. The number of carbonyl (C=O) groups excluding carboxylic acids is 2. The normalized spacial score (nSPS) is 13.4. The highest BCUT2D eigenvalue weighted by Gasteiger charge is 2.49. The average Bonchev–Trinajstić information content (AvgIpc) is 2.50. The standard InChI is InChI=1S/C15H20F3N3O7S/c1-8(19-13(23)27-14(2,3)4)9-6-11(28-29(24,25)15(16,17)18)21-10(20-9)7-12(22)26-5/h6,8H,7H2,1-5H3,(H,19,23). The van der Waals surface area contributed by atoms with E-state index in [0.717, 1.165) is 13.2 Å². The second-order valence-electron chi connectivity index (χ2n) is 6.65. The van der Waals surface area contributed by atoms with Crippen molar-refractivity contribution in [3.8, 4) is 5.88 Å². The molecule has 164 valence electrons. The molecule has 0 fully saturated rings. The van der Waals surface area contributed by atoms with Crippen LogP contribution in [0.25, 0.3) is 0 Å². The van der Waals surface area contributed by atoms with Crippen LogP contribution in [-0.2, 0) is 30.8 Å². The van der Waals surface area contributed by atoms with E-state index in [9.17, 15) is 31.2 Å². The van der Waals surface area contributed by atoms with Gasteiger partial charge >= 0.3 is 27.7 Å². The first-order valence-corrected chi connectivity index (χ1v) is 9.40. The van der Waals surface area contributed by atoms with Gasteiger partial charge in [0.25, 0.3) is 0 Å². The molecule has 1 rings (SSSR count). The molecule has 1 aromatic rings. The maximum atomic E-state index is 12.6. The highest BCUT2D eigenvalue weighted by Crippen LogP contribution is 2.27. The van der Waals surface area contributed by atoms with E-state index in [0.29, 0.717) is 0 Å². The monoisotopic (exact) mass is 443 g/mol. The second kappa shape index (κ2) is 8.80. The van der Waals surface area contributed by atoms with Gasteiger partial charge in [0.2, 0.25) is 5.88 Å². The van der Waals surface area contributed by atoms with Crippen molar-refractivity contribution >= 4 is 22.2 Å². The van der Waals surface area contributed by atoms with E-state index in [1.807, 2.05) is 0 Å². The SMILES string of the molecule is COC(=O)Cc1nc(OS(=O)(=O)C(F)(F)F)cc(C(C)NC(=O)OC(C)(C)C)n1. The number of amides is 1. The number of carbonyl (C=O) groups is 2. The molecule has 1 atom stereocenters. The number of nitrogens with zero attached hydrogens (tertiary/aromatic N) is 2. The Morgan fingerprint density at radius 3 is 2.28 bits per heavy atom. The number of esters is 1. The Morgan fingerprint density at radius 2 is 1.79 bits per heavy atom. The van der Waals surface area contributed by atoms with Crippen LogP contribution in [-0.4, -0.2) is 48.7 Å². The fraction of sp³-hybridized carbons (Fsp3) is 0.600. The number of hydrogen-bond acceptors (Lipinski definition) is 9. The molecule has 1 heterocycles. The average molecular weight is 443 g/mol. The molecule has 0 saturated carbocycles. The van der Waals surface area contributed by atoms with Gasteiger partial charge in [-0.15, -0.1) is 0 Å². The maximum absolute atomic E-state index is 12.6. The van der Waals surface area contributed by atoms with Crippen molar-refractivity contribution in [3.63, 3.8) is 0 Å². The van der Waals surface area contributed by atoms with Crippen LogP contribution in [0.5, 0.6) is 5.88 Å². The Bertz CT molecular complexity index is 867. The number of alkyl halides is 3. The lowest BCUT2D eigenvalue weighted by molar-refractivity contribution is -0.139. The molecule has 0 saturated heterocycles. The minimum atomic E-state index is -6.01. The van der Waals surface area contributed by atoms with Crippen LogP contribution >= 0.6 is 0 Å². The summed E-state index contributed by atoms with van der Waals surface area (Å²) in [5.74, 6) is -2.19. The third-order valence-electron chi connectivity index (χ3n) is 2.95. The molecule has 1 aromatic heterocycles. The molecule has 1 amide bonds.